The van der Waals surface area contributed by atoms with Crippen LogP contribution in [0.2, 0.25) is 0 Å². The van der Waals surface area contributed by atoms with E-state index < -0.39 is 5.97 Å². The standard InChI is InChI=1S/C14H24N2O3/c1-10-2-5-15-12(8-10)14(19)16-6-3-11(4-7-16)9-13(17)18/h10-12,15H,2-9H2,1H3,(H,17,18). The maximum absolute atomic E-state index is 12.4. The monoisotopic (exact) mass is 268 g/mol. The fourth-order valence-electron chi connectivity index (χ4n) is 3.12. The molecule has 0 spiro atoms. The predicted octanol–water partition coefficient (Wildman–Crippen LogP) is 1.09. The number of piperidine rings is 2. The van der Waals surface area contributed by atoms with Crippen LogP contribution < -0.4 is 5.32 Å². The lowest BCUT2D eigenvalue weighted by molar-refractivity contribution is -0.139. The first-order valence-electron chi connectivity index (χ1n) is 7.30. The minimum atomic E-state index is -0.729. The fraction of sp³-hybridized carbons (Fsp3) is 0.857. The van der Waals surface area contributed by atoms with Gasteiger partial charge in [-0.1, -0.05) is 6.92 Å². The Kier molecular flexibility index (Phi) is 4.80. The highest BCUT2D eigenvalue weighted by molar-refractivity contribution is 5.82. The zero-order valence-corrected chi connectivity index (χ0v) is 11.6. The number of nitrogens with zero attached hydrogens (tertiary/aromatic N) is 1. The van der Waals surface area contributed by atoms with Gasteiger partial charge in [0.25, 0.3) is 0 Å². The average molecular weight is 268 g/mol. The third kappa shape index (κ3) is 3.93. The molecule has 2 fully saturated rings. The second-order valence-electron chi connectivity index (χ2n) is 6.00. The molecule has 0 saturated carbocycles. The normalized spacial score (nSPS) is 29.2. The van der Waals surface area contributed by atoms with E-state index in [9.17, 15) is 9.59 Å². The van der Waals surface area contributed by atoms with Crippen LogP contribution in [0, 0.1) is 11.8 Å². The number of rotatable bonds is 3. The summed E-state index contributed by atoms with van der Waals surface area (Å²) in [6.07, 6.45) is 3.94. The molecule has 2 heterocycles. The van der Waals surface area contributed by atoms with E-state index in [2.05, 4.69) is 12.2 Å². The summed E-state index contributed by atoms with van der Waals surface area (Å²) < 4.78 is 0. The minimum Gasteiger partial charge on any atom is -0.481 e. The summed E-state index contributed by atoms with van der Waals surface area (Å²) in [5, 5.41) is 12.1. The molecule has 0 aromatic carbocycles. The van der Waals surface area contributed by atoms with Crippen LogP contribution in [-0.4, -0.2) is 47.6 Å². The number of amides is 1. The van der Waals surface area contributed by atoms with Gasteiger partial charge >= 0.3 is 5.97 Å². The number of likely N-dealkylation sites (tertiary alicyclic amines) is 1. The van der Waals surface area contributed by atoms with Gasteiger partial charge < -0.3 is 15.3 Å². The Morgan fingerprint density at radius 3 is 2.53 bits per heavy atom. The van der Waals surface area contributed by atoms with Crippen LogP contribution in [0.4, 0.5) is 0 Å². The van der Waals surface area contributed by atoms with E-state index in [1.807, 2.05) is 4.90 Å². The van der Waals surface area contributed by atoms with Crippen molar-refractivity contribution in [3.8, 4) is 0 Å². The van der Waals surface area contributed by atoms with Crippen molar-refractivity contribution in [2.24, 2.45) is 11.8 Å². The molecule has 108 valence electrons. The van der Waals surface area contributed by atoms with Gasteiger partial charge in [-0.25, -0.2) is 0 Å². The van der Waals surface area contributed by atoms with Gasteiger partial charge in [0.1, 0.15) is 0 Å². The molecule has 0 bridgehead atoms. The minimum absolute atomic E-state index is 0.0280. The van der Waals surface area contributed by atoms with E-state index in [-0.39, 0.29) is 24.3 Å². The van der Waals surface area contributed by atoms with Crippen molar-refractivity contribution in [1.82, 2.24) is 10.2 Å². The largest absolute Gasteiger partial charge is 0.481 e. The highest BCUT2D eigenvalue weighted by Gasteiger charge is 2.31. The summed E-state index contributed by atoms with van der Waals surface area (Å²) in [7, 11) is 0. The zero-order chi connectivity index (χ0) is 13.8. The van der Waals surface area contributed by atoms with Gasteiger partial charge in [0.15, 0.2) is 0 Å². The van der Waals surface area contributed by atoms with E-state index >= 15 is 0 Å². The summed E-state index contributed by atoms with van der Waals surface area (Å²) in [5.41, 5.74) is 0. The van der Waals surface area contributed by atoms with Gasteiger partial charge in [-0.05, 0) is 44.1 Å². The maximum Gasteiger partial charge on any atom is 0.303 e. The second kappa shape index (κ2) is 6.37. The van der Waals surface area contributed by atoms with Gasteiger partial charge in [-0.3, -0.25) is 9.59 Å². The molecule has 2 aliphatic rings. The van der Waals surface area contributed by atoms with E-state index in [0.717, 1.165) is 32.2 Å². The Hall–Kier alpha value is -1.10. The van der Waals surface area contributed by atoms with Crippen molar-refractivity contribution in [3.05, 3.63) is 0 Å². The van der Waals surface area contributed by atoms with E-state index in [1.54, 1.807) is 0 Å². The molecule has 2 saturated heterocycles. The van der Waals surface area contributed by atoms with Gasteiger partial charge in [0.2, 0.25) is 5.91 Å². The van der Waals surface area contributed by atoms with Crippen LogP contribution in [0.1, 0.15) is 39.0 Å². The van der Waals surface area contributed by atoms with Gasteiger partial charge in [-0.2, -0.15) is 0 Å². The van der Waals surface area contributed by atoms with Crippen LogP contribution >= 0.6 is 0 Å². The fourth-order valence-corrected chi connectivity index (χ4v) is 3.12. The number of carbonyl (C=O) groups is 2. The first kappa shape index (κ1) is 14.3. The Morgan fingerprint density at radius 2 is 1.95 bits per heavy atom. The van der Waals surface area contributed by atoms with Crippen LogP contribution in [0.25, 0.3) is 0 Å². The van der Waals surface area contributed by atoms with Crippen molar-refractivity contribution in [2.45, 2.75) is 45.1 Å². The van der Waals surface area contributed by atoms with E-state index in [4.69, 9.17) is 5.11 Å². The Bertz CT molecular complexity index is 338. The zero-order valence-electron chi connectivity index (χ0n) is 11.6. The molecule has 2 aliphatic heterocycles. The lowest BCUT2D eigenvalue weighted by Crippen LogP contribution is -2.52. The molecule has 19 heavy (non-hydrogen) atoms. The third-order valence-electron chi connectivity index (χ3n) is 4.35. The van der Waals surface area contributed by atoms with Crippen LogP contribution in [0.5, 0.6) is 0 Å². The SMILES string of the molecule is CC1CCNC(C(=O)N2CCC(CC(=O)O)CC2)C1. The quantitative estimate of drug-likeness (QED) is 0.804. The number of carbonyl (C=O) groups excluding carboxylic acids is 1. The molecule has 2 unspecified atom stereocenters. The predicted molar refractivity (Wildman–Crippen MR) is 71.7 cm³/mol. The topological polar surface area (TPSA) is 69.6 Å². The summed E-state index contributed by atoms with van der Waals surface area (Å²) in [6.45, 7) is 4.54. The summed E-state index contributed by atoms with van der Waals surface area (Å²) in [5.74, 6) is 0.326. The molecule has 2 N–H and O–H groups in total. The van der Waals surface area contributed by atoms with Crippen LogP contribution in [0.15, 0.2) is 0 Å². The number of nitrogens with one attached hydrogen (secondary N) is 1. The van der Waals surface area contributed by atoms with Crippen molar-refractivity contribution in [2.75, 3.05) is 19.6 Å². The molecular weight excluding hydrogens is 244 g/mol. The number of hydrogen-bond donors (Lipinski definition) is 2. The van der Waals surface area contributed by atoms with E-state index in [0.29, 0.717) is 19.0 Å². The molecule has 0 radical (unpaired) electrons. The van der Waals surface area contributed by atoms with Crippen molar-refractivity contribution in [1.29, 1.82) is 0 Å². The average Bonchev–Trinajstić information content (AvgIpc) is 2.38. The van der Waals surface area contributed by atoms with Crippen LogP contribution in [0.3, 0.4) is 0 Å². The van der Waals surface area contributed by atoms with Gasteiger partial charge in [-0.15, -0.1) is 0 Å². The van der Waals surface area contributed by atoms with Crippen molar-refractivity contribution in [3.63, 3.8) is 0 Å². The Labute approximate surface area is 114 Å². The van der Waals surface area contributed by atoms with Crippen molar-refractivity contribution < 1.29 is 14.7 Å². The second-order valence-corrected chi connectivity index (χ2v) is 6.00. The smallest absolute Gasteiger partial charge is 0.303 e. The number of carboxylic acid groups (broad SMARTS) is 1. The van der Waals surface area contributed by atoms with Gasteiger partial charge in [0.05, 0.1) is 6.04 Å². The molecule has 0 aliphatic carbocycles. The third-order valence-corrected chi connectivity index (χ3v) is 4.35. The lowest BCUT2D eigenvalue weighted by atomic mass is 9.91. The molecule has 2 atom stereocenters. The maximum atomic E-state index is 12.4. The number of carboxylic acids is 1. The first-order chi connectivity index (χ1) is 9.06. The first-order valence-corrected chi connectivity index (χ1v) is 7.30. The number of aliphatic carboxylic acids is 1. The lowest BCUT2D eigenvalue weighted by Gasteiger charge is -2.36. The highest BCUT2D eigenvalue weighted by atomic mass is 16.4. The van der Waals surface area contributed by atoms with Crippen LogP contribution in [-0.2, 0) is 9.59 Å². The summed E-state index contributed by atoms with van der Waals surface area (Å²) in [4.78, 5) is 25.0. The highest BCUT2D eigenvalue weighted by Crippen LogP contribution is 2.23. The molecule has 1 amide bonds. The van der Waals surface area contributed by atoms with Gasteiger partial charge in [0, 0.05) is 19.5 Å². The molecule has 5 nitrogen and oxygen atoms in total. The van der Waals surface area contributed by atoms with Crippen molar-refractivity contribution >= 4 is 11.9 Å². The molecule has 0 aromatic heterocycles. The van der Waals surface area contributed by atoms with E-state index in [1.165, 1.54) is 0 Å². The molecular formula is C14H24N2O3. The molecule has 0 aromatic rings. The Balaban J connectivity index is 1.80. The molecule has 2 rings (SSSR count). The Morgan fingerprint density at radius 1 is 1.26 bits per heavy atom. The molecule has 5 heteroatoms. The number of hydrogen-bond acceptors (Lipinski definition) is 3. The summed E-state index contributed by atoms with van der Waals surface area (Å²) in [6, 6.07) is -0.0280. The summed E-state index contributed by atoms with van der Waals surface area (Å²) >= 11 is 0.